The van der Waals surface area contributed by atoms with E-state index in [2.05, 4.69) is 0 Å². The lowest BCUT2D eigenvalue weighted by Gasteiger charge is -2.22. The van der Waals surface area contributed by atoms with Gasteiger partial charge in [0.05, 0.1) is 6.61 Å². The lowest BCUT2D eigenvalue weighted by atomic mass is 9.82. The van der Waals surface area contributed by atoms with Gasteiger partial charge in [0.15, 0.2) is 5.41 Å². The lowest BCUT2D eigenvalue weighted by Crippen LogP contribution is -2.42. The molecule has 0 radical (unpaired) electrons. The second kappa shape index (κ2) is 4.79. The molecule has 0 amide bonds. The molecule has 0 saturated heterocycles. The van der Waals surface area contributed by atoms with Crippen LogP contribution in [0, 0.1) is 0 Å². The van der Waals surface area contributed by atoms with Gasteiger partial charge < -0.3 is 9.84 Å². The van der Waals surface area contributed by atoms with Gasteiger partial charge >= 0.3 is 11.9 Å². The van der Waals surface area contributed by atoms with Crippen molar-refractivity contribution in [3.8, 4) is 0 Å². The maximum Gasteiger partial charge on any atom is 0.327 e. The van der Waals surface area contributed by atoms with Crippen molar-refractivity contribution in [1.29, 1.82) is 0 Å². The Morgan fingerprint density at radius 1 is 1.31 bits per heavy atom. The lowest BCUT2D eigenvalue weighted by molar-refractivity contribution is -0.160. The first-order valence-electron chi connectivity index (χ1n) is 4.99. The predicted molar refractivity (Wildman–Crippen MR) is 58.1 cm³/mol. The van der Waals surface area contributed by atoms with Crippen molar-refractivity contribution in [2.45, 2.75) is 19.3 Å². The van der Waals surface area contributed by atoms with Crippen molar-refractivity contribution in [3.63, 3.8) is 0 Å². The smallest absolute Gasteiger partial charge is 0.327 e. The SMILES string of the molecule is CCOC(=O)[C@](C)(C(=O)O)c1ccccc1. The normalized spacial score (nSPS) is 13.9. The maximum atomic E-state index is 11.7. The van der Waals surface area contributed by atoms with Gasteiger partial charge in [0.25, 0.3) is 0 Å². The van der Waals surface area contributed by atoms with E-state index in [9.17, 15) is 14.7 Å². The zero-order chi connectivity index (χ0) is 12.2. The highest BCUT2D eigenvalue weighted by Gasteiger charge is 2.44. The number of hydrogen-bond donors (Lipinski definition) is 1. The molecule has 0 spiro atoms. The molecule has 4 heteroatoms. The Bertz CT molecular complexity index is 385. The number of ether oxygens (including phenoxy) is 1. The molecule has 4 nitrogen and oxygen atoms in total. The van der Waals surface area contributed by atoms with Crippen LogP contribution in [0.15, 0.2) is 30.3 Å². The molecule has 1 aromatic carbocycles. The zero-order valence-corrected chi connectivity index (χ0v) is 9.27. The molecule has 1 N–H and O–H groups in total. The second-order valence-corrected chi connectivity index (χ2v) is 3.52. The van der Waals surface area contributed by atoms with Gasteiger partial charge in [0.1, 0.15) is 0 Å². The molecule has 16 heavy (non-hydrogen) atoms. The van der Waals surface area contributed by atoms with E-state index in [1.54, 1.807) is 37.3 Å². The fourth-order valence-electron chi connectivity index (χ4n) is 1.38. The molecule has 0 bridgehead atoms. The minimum atomic E-state index is -1.64. The highest BCUT2D eigenvalue weighted by atomic mass is 16.5. The van der Waals surface area contributed by atoms with Crippen LogP contribution in [0.5, 0.6) is 0 Å². The van der Waals surface area contributed by atoms with Crippen molar-refractivity contribution >= 4 is 11.9 Å². The number of carboxylic acids is 1. The number of aliphatic carboxylic acids is 1. The summed E-state index contributed by atoms with van der Waals surface area (Å²) < 4.78 is 4.80. The van der Waals surface area contributed by atoms with Gasteiger partial charge in [-0.3, -0.25) is 9.59 Å². The summed E-state index contributed by atoms with van der Waals surface area (Å²) in [4.78, 5) is 22.9. The number of esters is 1. The molecule has 0 aliphatic rings. The number of rotatable bonds is 4. The molecule has 0 saturated carbocycles. The van der Waals surface area contributed by atoms with Crippen LogP contribution in [0.25, 0.3) is 0 Å². The molecular formula is C12H14O4. The first kappa shape index (κ1) is 12.2. The van der Waals surface area contributed by atoms with Gasteiger partial charge in [-0.25, -0.2) is 0 Å². The van der Waals surface area contributed by atoms with Crippen LogP contribution < -0.4 is 0 Å². The van der Waals surface area contributed by atoms with Crippen LogP contribution in [0.4, 0.5) is 0 Å². The van der Waals surface area contributed by atoms with Crippen LogP contribution in [0.1, 0.15) is 19.4 Å². The third kappa shape index (κ3) is 2.05. The Morgan fingerprint density at radius 2 is 1.88 bits per heavy atom. The van der Waals surface area contributed by atoms with E-state index in [0.717, 1.165) is 0 Å². The zero-order valence-electron chi connectivity index (χ0n) is 9.27. The number of carbonyl (C=O) groups is 2. The highest BCUT2D eigenvalue weighted by molar-refractivity contribution is 6.05. The van der Waals surface area contributed by atoms with E-state index in [1.165, 1.54) is 6.92 Å². The van der Waals surface area contributed by atoms with Gasteiger partial charge in [-0.05, 0) is 19.4 Å². The summed E-state index contributed by atoms with van der Waals surface area (Å²) >= 11 is 0. The minimum Gasteiger partial charge on any atom is -0.480 e. The molecule has 0 fully saturated rings. The number of benzene rings is 1. The number of carbonyl (C=O) groups excluding carboxylic acids is 1. The molecular weight excluding hydrogens is 208 g/mol. The Labute approximate surface area is 93.9 Å². The second-order valence-electron chi connectivity index (χ2n) is 3.52. The van der Waals surface area contributed by atoms with Crippen LogP contribution >= 0.6 is 0 Å². The average molecular weight is 222 g/mol. The highest BCUT2D eigenvalue weighted by Crippen LogP contribution is 2.25. The van der Waals surface area contributed by atoms with E-state index >= 15 is 0 Å². The predicted octanol–water partition coefficient (Wildman–Crippen LogP) is 1.59. The van der Waals surface area contributed by atoms with E-state index < -0.39 is 17.4 Å². The molecule has 1 rings (SSSR count). The summed E-state index contributed by atoms with van der Waals surface area (Å²) in [6.45, 7) is 3.16. The Kier molecular flexibility index (Phi) is 3.66. The molecule has 0 aliphatic heterocycles. The number of carboxylic acid groups (broad SMARTS) is 1. The summed E-state index contributed by atoms with van der Waals surface area (Å²) in [5, 5.41) is 9.18. The van der Waals surface area contributed by atoms with Gasteiger partial charge in [-0.15, -0.1) is 0 Å². The van der Waals surface area contributed by atoms with Crippen molar-refractivity contribution < 1.29 is 19.4 Å². The van der Waals surface area contributed by atoms with E-state index in [0.29, 0.717) is 5.56 Å². The molecule has 1 aromatic rings. The average Bonchev–Trinajstić information content (AvgIpc) is 2.29. The summed E-state index contributed by atoms with van der Waals surface area (Å²) in [6, 6.07) is 8.35. The third-order valence-electron chi connectivity index (χ3n) is 2.46. The molecule has 0 unspecified atom stereocenters. The summed E-state index contributed by atoms with van der Waals surface area (Å²) in [5.41, 5.74) is -1.22. The van der Waals surface area contributed by atoms with Crippen LogP contribution in [0.3, 0.4) is 0 Å². The van der Waals surface area contributed by atoms with E-state index in [4.69, 9.17) is 4.74 Å². The van der Waals surface area contributed by atoms with E-state index in [1.807, 2.05) is 0 Å². The topological polar surface area (TPSA) is 63.6 Å². The van der Waals surface area contributed by atoms with Crippen LogP contribution in [-0.4, -0.2) is 23.7 Å². The van der Waals surface area contributed by atoms with Crippen LogP contribution in [0.2, 0.25) is 0 Å². The quantitative estimate of drug-likeness (QED) is 0.620. The van der Waals surface area contributed by atoms with Gasteiger partial charge in [0.2, 0.25) is 0 Å². The van der Waals surface area contributed by atoms with Crippen molar-refractivity contribution in [2.75, 3.05) is 6.61 Å². The van der Waals surface area contributed by atoms with Gasteiger partial charge in [-0.2, -0.15) is 0 Å². The monoisotopic (exact) mass is 222 g/mol. The first-order chi connectivity index (χ1) is 7.53. The molecule has 1 atom stereocenters. The molecule has 0 heterocycles. The van der Waals surface area contributed by atoms with Crippen molar-refractivity contribution in [2.24, 2.45) is 0 Å². The van der Waals surface area contributed by atoms with Crippen molar-refractivity contribution in [3.05, 3.63) is 35.9 Å². The summed E-state index contributed by atoms with van der Waals surface area (Å²) in [7, 11) is 0. The fourth-order valence-corrected chi connectivity index (χ4v) is 1.38. The fraction of sp³-hybridized carbons (Fsp3) is 0.333. The molecule has 0 aromatic heterocycles. The summed E-state index contributed by atoms with van der Waals surface area (Å²) in [6.07, 6.45) is 0. The van der Waals surface area contributed by atoms with Gasteiger partial charge in [0, 0.05) is 0 Å². The summed E-state index contributed by atoms with van der Waals surface area (Å²) in [5.74, 6) is -1.95. The molecule has 86 valence electrons. The van der Waals surface area contributed by atoms with E-state index in [-0.39, 0.29) is 6.61 Å². The van der Waals surface area contributed by atoms with Crippen molar-refractivity contribution in [1.82, 2.24) is 0 Å². The first-order valence-corrected chi connectivity index (χ1v) is 4.99. The Hall–Kier alpha value is -1.84. The van der Waals surface area contributed by atoms with Crippen LogP contribution in [-0.2, 0) is 19.7 Å². The largest absolute Gasteiger partial charge is 0.480 e. The number of hydrogen-bond acceptors (Lipinski definition) is 3. The Morgan fingerprint density at radius 3 is 2.31 bits per heavy atom. The third-order valence-corrected chi connectivity index (χ3v) is 2.46. The maximum absolute atomic E-state index is 11.7. The minimum absolute atomic E-state index is 0.161. The molecule has 0 aliphatic carbocycles. The Balaban J connectivity index is 3.17. The van der Waals surface area contributed by atoms with Gasteiger partial charge in [-0.1, -0.05) is 30.3 Å². The standard InChI is InChI=1S/C12H14O4/c1-3-16-11(15)12(2,10(13)14)9-7-5-4-6-8-9/h4-8H,3H2,1-2H3,(H,13,14)/t12-/m0/s1.